The number of aliphatic hydroxyl groups excluding tert-OH is 12. The number of rotatable bonds is 12. The van der Waals surface area contributed by atoms with E-state index >= 15 is 0 Å². The van der Waals surface area contributed by atoms with Crippen molar-refractivity contribution in [1.82, 2.24) is 0 Å². The molecule has 0 radical (unpaired) electrons. The van der Waals surface area contributed by atoms with Crippen molar-refractivity contribution in [2.75, 3.05) is 13.2 Å². The molecule has 26 atom stereocenters. The van der Waals surface area contributed by atoms with E-state index in [2.05, 4.69) is 26.8 Å². The summed E-state index contributed by atoms with van der Waals surface area (Å²) in [5, 5.41) is 132. The van der Waals surface area contributed by atoms with E-state index in [-0.39, 0.29) is 23.7 Å². The number of allylic oxidation sites excluding steroid dienone is 2. The number of aliphatic hydroxyl groups is 12. The summed E-state index contributed by atoms with van der Waals surface area (Å²) in [5.74, 6) is -1.12. The lowest BCUT2D eigenvalue weighted by Crippen LogP contribution is -2.71. The number of ether oxygens (including phenoxy) is 6. The average Bonchev–Trinajstić information content (AvgIpc) is 3.64. The van der Waals surface area contributed by atoms with Crippen LogP contribution >= 0.6 is 0 Å². The molecule has 18 heteroatoms. The van der Waals surface area contributed by atoms with Crippen molar-refractivity contribution in [3.8, 4) is 0 Å². The Morgan fingerprint density at radius 2 is 1.27 bits per heavy atom. The topological polar surface area (TPSA) is 298 Å². The molecule has 7 rings (SSSR count). The standard InChI is InChI=1S/C48H82O18/c1-21(2)11-10-14-48(9,66-42-38(60)35(57)32(54)26(19-49)63-42)23-12-16-46(7)30(23)24(51)17-28-45(6)15-13-29(52)44(4,5)40(45)25(18-47(28,46)8)62-43-39(36(58)33(55)27(20-50)64-43)65-41-37(59)34(56)31(53)22(3)61-41/h11,22-43,49-60H,10,12-20H2,1-9H3/t22-,23?,24+,25-,26+,27+,28?,29-,30?,31-,32+,33+,34+,35-,36-,37+,38+,39+,40-,41+,42-,43+,45+,46+,47+,48-/m0/s1. The third kappa shape index (κ3) is 8.69. The molecule has 7 fully saturated rings. The van der Waals surface area contributed by atoms with Crippen LogP contribution in [0.2, 0.25) is 0 Å². The quantitative estimate of drug-likeness (QED) is 0.0904. The van der Waals surface area contributed by atoms with E-state index in [1.165, 1.54) is 6.92 Å². The number of fused-ring (bicyclic) bond motifs is 5. The van der Waals surface area contributed by atoms with Crippen molar-refractivity contribution < 1.29 is 89.7 Å². The summed E-state index contributed by atoms with van der Waals surface area (Å²) in [6.45, 7) is 16.8. The van der Waals surface area contributed by atoms with Crippen molar-refractivity contribution in [2.24, 2.45) is 45.3 Å². The highest BCUT2D eigenvalue weighted by Crippen LogP contribution is 2.76. The molecule has 4 saturated carbocycles. The minimum atomic E-state index is -1.75. The molecule has 3 unspecified atom stereocenters. The normalized spacial score (nSPS) is 53.5. The Balaban J connectivity index is 1.27. The lowest BCUT2D eigenvalue weighted by Gasteiger charge is -2.72. The molecule has 0 aromatic heterocycles. The third-order valence-corrected chi connectivity index (χ3v) is 18.7. The third-order valence-electron chi connectivity index (χ3n) is 18.7. The van der Waals surface area contributed by atoms with Crippen LogP contribution in [0.1, 0.15) is 114 Å². The summed E-state index contributed by atoms with van der Waals surface area (Å²) >= 11 is 0. The van der Waals surface area contributed by atoms with Crippen LogP contribution in [0.3, 0.4) is 0 Å². The van der Waals surface area contributed by atoms with Crippen LogP contribution in [-0.4, -0.2) is 191 Å². The fraction of sp³-hybridized carbons (Fsp3) is 0.958. The van der Waals surface area contributed by atoms with Crippen molar-refractivity contribution in [3.63, 3.8) is 0 Å². The zero-order chi connectivity index (χ0) is 48.8. The average molecular weight is 947 g/mol. The Morgan fingerprint density at radius 1 is 0.682 bits per heavy atom. The van der Waals surface area contributed by atoms with Crippen LogP contribution in [0.15, 0.2) is 11.6 Å². The largest absolute Gasteiger partial charge is 0.394 e. The fourth-order valence-corrected chi connectivity index (χ4v) is 14.9. The minimum absolute atomic E-state index is 0.0861. The Labute approximate surface area is 388 Å². The van der Waals surface area contributed by atoms with E-state index in [4.69, 9.17) is 28.4 Å². The van der Waals surface area contributed by atoms with Gasteiger partial charge >= 0.3 is 0 Å². The van der Waals surface area contributed by atoms with Gasteiger partial charge in [0.2, 0.25) is 0 Å². The molecular weight excluding hydrogens is 865 g/mol. The van der Waals surface area contributed by atoms with Crippen LogP contribution in [0, 0.1) is 45.3 Å². The van der Waals surface area contributed by atoms with Crippen molar-refractivity contribution in [2.45, 2.75) is 230 Å². The highest BCUT2D eigenvalue weighted by atomic mass is 16.8. The Hall–Kier alpha value is -0.980. The molecular formula is C48H82O18. The highest BCUT2D eigenvalue weighted by molar-refractivity contribution is 5.22. The monoisotopic (exact) mass is 947 g/mol. The molecule has 0 aromatic rings. The maximum atomic E-state index is 12.7. The van der Waals surface area contributed by atoms with Gasteiger partial charge in [-0.2, -0.15) is 0 Å². The second-order valence-corrected chi connectivity index (χ2v) is 23.0. The molecule has 0 spiro atoms. The Bertz CT molecular complexity index is 1700. The van der Waals surface area contributed by atoms with Gasteiger partial charge in [-0.05, 0) is 124 Å². The van der Waals surface area contributed by atoms with Crippen molar-refractivity contribution in [3.05, 3.63) is 11.6 Å². The van der Waals surface area contributed by atoms with Gasteiger partial charge in [-0.15, -0.1) is 0 Å². The van der Waals surface area contributed by atoms with Gasteiger partial charge in [-0.3, -0.25) is 0 Å². The maximum absolute atomic E-state index is 12.7. The Morgan fingerprint density at radius 3 is 1.89 bits per heavy atom. The molecule has 3 heterocycles. The second kappa shape index (κ2) is 19.2. The van der Waals surface area contributed by atoms with Crippen LogP contribution < -0.4 is 0 Å². The first-order valence-electron chi connectivity index (χ1n) is 24.3. The summed E-state index contributed by atoms with van der Waals surface area (Å²) in [5.41, 5.74) is -2.43. The van der Waals surface area contributed by atoms with E-state index < -0.39 is 151 Å². The molecule has 382 valence electrons. The molecule has 3 saturated heterocycles. The van der Waals surface area contributed by atoms with Crippen LogP contribution in [0.25, 0.3) is 0 Å². The van der Waals surface area contributed by atoms with Crippen LogP contribution in [-0.2, 0) is 28.4 Å². The maximum Gasteiger partial charge on any atom is 0.187 e. The van der Waals surface area contributed by atoms with Gasteiger partial charge in [0.15, 0.2) is 18.9 Å². The van der Waals surface area contributed by atoms with Gasteiger partial charge in [-0.1, -0.05) is 46.3 Å². The minimum Gasteiger partial charge on any atom is -0.394 e. The zero-order valence-electron chi connectivity index (χ0n) is 40.2. The molecule has 0 bridgehead atoms. The predicted molar refractivity (Wildman–Crippen MR) is 234 cm³/mol. The lowest BCUT2D eigenvalue weighted by atomic mass is 9.34. The summed E-state index contributed by atoms with van der Waals surface area (Å²) in [4.78, 5) is 0. The number of hydrogen-bond acceptors (Lipinski definition) is 18. The van der Waals surface area contributed by atoms with Gasteiger partial charge in [0.1, 0.15) is 67.1 Å². The highest BCUT2D eigenvalue weighted by Gasteiger charge is 2.74. The SMILES string of the molecule is CC(C)=CCC[C@](C)(O[C@@H]1O[C@H](CO)[C@@H](O)[C@H](O)[C@H]1O)C1CC[C@]2(C)C1[C@H](O)CC1[C@@]3(C)CC[C@H](O)C(C)(C)[C@@H]3[C@@H](O[C@@H]3O[C@H](CO)[C@@H](O)[C@H](O)[C@H]3O[C@H]3O[C@@H](C)[C@H](O)[C@@H](O)[C@H]3O)C[C@]12C. The van der Waals surface area contributed by atoms with Gasteiger partial charge in [-0.25, -0.2) is 0 Å². The fourth-order valence-electron chi connectivity index (χ4n) is 14.9. The summed E-state index contributed by atoms with van der Waals surface area (Å²) in [6, 6.07) is 0. The van der Waals surface area contributed by atoms with E-state index in [0.717, 1.165) is 5.57 Å². The number of hydrogen-bond donors (Lipinski definition) is 12. The molecule has 0 aromatic carbocycles. The molecule has 3 aliphatic heterocycles. The first-order chi connectivity index (χ1) is 30.7. The van der Waals surface area contributed by atoms with E-state index in [9.17, 15) is 61.3 Å². The van der Waals surface area contributed by atoms with Crippen LogP contribution in [0.4, 0.5) is 0 Å². The summed E-state index contributed by atoms with van der Waals surface area (Å²) < 4.78 is 38.1. The van der Waals surface area contributed by atoms with E-state index in [1.807, 2.05) is 34.6 Å². The molecule has 66 heavy (non-hydrogen) atoms. The summed E-state index contributed by atoms with van der Waals surface area (Å²) in [6.07, 6.45) is -18.3. The predicted octanol–water partition coefficient (Wildman–Crippen LogP) is -0.0284. The van der Waals surface area contributed by atoms with Crippen LogP contribution in [0.5, 0.6) is 0 Å². The zero-order valence-corrected chi connectivity index (χ0v) is 40.2. The molecule has 12 N–H and O–H groups in total. The second-order valence-electron chi connectivity index (χ2n) is 23.0. The lowest BCUT2D eigenvalue weighted by molar-refractivity contribution is -0.382. The van der Waals surface area contributed by atoms with Gasteiger partial charge in [0.25, 0.3) is 0 Å². The van der Waals surface area contributed by atoms with Crippen molar-refractivity contribution >= 4 is 0 Å². The van der Waals surface area contributed by atoms with Gasteiger partial charge in [0.05, 0.1) is 43.2 Å². The van der Waals surface area contributed by atoms with E-state index in [0.29, 0.717) is 51.4 Å². The van der Waals surface area contributed by atoms with Gasteiger partial charge in [0, 0.05) is 0 Å². The van der Waals surface area contributed by atoms with E-state index in [1.54, 1.807) is 0 Å². The molecule has 7 aliphatic rings. The smallest absolute Gasteiger partial charge is 0.187 e. The van der Waals surface area contributed by atoms with Gasteiger partial charge < -0.3 is 89.7 Å². The Kier molecular flexibility index (Phi) is 15.4. The van der Waals surface area contributed by atoms with Crippen molar-refractivity contribution in [1.29, 1.82) is 0 Å². The molecule has 0 amide bonds. The molecule has 18 nitrogen and oxygen atoms in total. The first-order valence-corrected chi connectivity index (χ1v) is 24.3. The summed E-state index contributed by atoms with van der Waals surface area (Å²) in [7, 11) is 0. The first kappa shape index (κ1) is 52.8. The molecule has 4 aliphatic carbocycles.